The summed E-state index contributed by atoms with van der Waals surface area (Å²) < 4.78 is 39.5. The molecule has 0 saturated heterocycles. The number of hydrogen-bond acceptors (Lipinski definition) is 2. The summed E-state index contributed by atoms with van der Waals surface area (Å²) in [4.78, 5) is 12.0. The first-order valence-corrected chi connectivity index (χ1v) is 7.75. The quantitative estimate of drug-likeness (QED) is 0.697. The Kier molecular flexibility index (Phi) is 4.63. The Balaban J connectivity index is 1.90. The van der Waals surface area contributed by atoms with Gasteiger partial charge in [0.15, 0.2) is 0 Å². The van der Waals surface area contributed by atoms with Crippen LogP contribution >= 0.6 is 0 Å². The van der Waals surface area contributed by atoms with Crippen molar-refractivity contribution in [2.24, 2.45) is 0 Å². The minimum Gasteiger partial charge on any atom is -0.311 e. The lowest BCUT2D eigenvalue weighted by Gasteiger charge is -2.11. The lowest BCUT2D eigenvalue weighted by Crippen LogP contribution is -2.28. The van der Waals surface area contributed by atoms with Gasteiger partial charge < -0.3 is 4.57 Å². The highest BCUT2D eigenvalue weighted by atomic mass is 19.4. The van der Waals surface area contributed by atoms with Crippen molar-refractivity contribution in [1.82, 2.24) is 4.57 Å². The van der Waals surface area contributed by atoms with Crippen LogP contribution in [0.15, 0.2) is 71.7 Å². The first-order chi connectivity index (χ1) is 12.4. The van der Waals surface area contributed by atoms with E-state index in [1.165, 1.54) is 12.3 Å². The van der Waals surface area contributed by atoms with Crippen molar-refractivity contribution < 1.29 is 13.2 Å². The number of hydrogen-bond donors (Lipinski definition) is 0. The van der Waals surface area contributed by atoms with Gasteiger partial charge in [0.1, 0.15) is 5.56 Å². The molecule has 26 heavy (non-hydrogen) atoms. The zero-order chi connectivity index (χ0) is 18.7. The van der Waals surface area contributed by atoms with E-state index in [0.29, 0.717) is 11.1 Å². The van der Waals surface area contributed by atoms with Crippen molar-refractivity contribution in [3.05, 3.63) is 93.9 Å². The first-order valence-electron chi connectivity index (χ1n) is 7.75. The van der Waals surface area contributed by atoms with E-state index in [0.717, 1.165) is 21.8 Å². The van der Waals surface area contributed by atoms with Gasteiger partial charge in [-0.3, -0.25) is 4.79 Å². The van der Waals surface area contributed by atoms with Crippen molar-refractivity contribution >= 4 is 0 Å². The minimum absolute atomic E-state index is 0.0307. The van der Waals surface area contributed by atoms with Crippen molar-refractivity contribution in [2.45, 2.75) is 12.7 Å². The van der Waals surface area contributed by atoms with Crippen LogP contribution in [0.2, 0.25) is 0 Å². The van der Waals surface area contributed by atoms with E-state index < -0.39 is 17.3 Å². The van der Waals surface area contributed by atoms with Gasteiger partial charge in [-0.15, -0.1) is 0 Å². The largest absolute Gasteiger partial charge is 0.421 e. The Morgan fingerprint density at radius 3 is 2.31 bits per heavy atom. The van der Waals surface area contributed by atoms with Crippen LogP contribution in [0.3, 0.4) is 0 Å². The molecule has 0 atom stereocenters. The maximum atomic E-state index is 12.8. The van der Waals surface area contributed by atoms with Crippen LogP contribution in [0.25, 0.3) is 11.1 Å². The summed E-state index contributed by atoms with van der Waals surface area (Å²) in [5.74, 6) is 0. The molecule has 3 nitrogen and oxygen atoms in total. The van der Waals surface area contributed by atoms with Gasteiger partial charge in [0, 0.05) is 6.20 Å². The first kappa shape index (κ1) is 17.5. The molecule has 0 bridgehead atoms. The van der Waals surface area contributed by atoms with Crippen LogP contribution in [0, 0.1) is 11.3 Å². The van der Waals surface area contributed by atoms with E-state index in [1.807, 2.05) is 12.1 Å². The molecule has 3 aromatic rings. The maximum absolute atomic E-state index is 12.8. The highest BCUT2D eigenvalue weighted by molar-refractivity contribution is 5.70. The van der Waals surface area contributed by atoms with Crippen molar-refractivity contribution in [1.29, 1.82) is 5.26 Å². The second-order valence-corrected chi connectivity index (χ2v) is 5.71. The summed E-state index contributed by atoms with van der Waals surface area (Å²) in [6.07, 6.45) is -3.35. The molecule has 0 fully saturated rings. The van der Waals surface area contributed by atoms with Crippen LogP contribution < -0.4 is 5.56 Å². The third kappa shape index (κ3) is 3.52. The van der Waals surface area contributed by atoms with Gasteiger partial charge in [0.2, 0.25) is 0 Å². The van der Waals surface area contributed by atoms with Crippen LogP contribution in [-0.4, -0.2) is 4.57 Å². The highest BCUT2D eigenvalue weighted by Gasteiger charge is 2.34. The van der Waals surface area contributed by atoms with Gasteiger partial charge in [-0.2, -0.15) is 18.4 Å². The molecule has 0 aliphatic heterocycles. The SMILES string of the molecule is N#Cc1ccccc1-c1ccc(Cn2cccc(C(F)(F)F)c2=O)cc1. The summed E-state index contributed by atoms with van der Waals surface area (Å²) in [5.41, 5.74) is 0.567. The second-order valence-electron chi connectivity index (χ2n) is 5.71. The molecule has 130 valence electrons. The summed E-state index contributed by atoms with van der Waals surface area (Å²) >= 11 is 0. The molecule has 0 saturated carbocycles. The van der Waals surface area contributed by atoms with Gasteiger partial charge in [-0.05, 0) is 34.9 Å². The molecule has 0 N–H and O–H groups in total. The Hall–Kier alpha value is -3.33. The molecule has 2 aromatic carbocycles. The lowest BCUT2D eigenvalue weighted by atomic mass is 9.99. The minimum atomic E-state index is -4.68. The van der Waals surface area contributed by atoms with Crippen LogP contribution in [0.4, 0.5) is 13.2 Å². The van der Waals surface area contributed by atoms with E-state index in [-0.39, 0.29) is 6.54 Å². The fourth-order valence-corrected chi connectivity index (χ4v) is 2.70. The predicted molar refractivity (Wildman–Crippen MR) is 91.4 cm³/mol. The van der Waals surface area contributed by atoms with E-state index >= 15 is 0 Å². The zero-order valence-corrected chi connectivity index (χ0v) is 13.5. The molecule has 0 amide bonds. The Bertz CT molecular complexity index is 1030. The standard InChI is InChI=1S/C20H13F3N2O/c21-20(22,23)18-6-3-11-25(19(18)26)13-14-7-9-15(10-8-14)17-5-2-1-4-16(17)12-24/h1-11H,13H2. The molecule has 6 heteroatoms. The molecule has 1 aromatic heterocycles. The molecule has 0 aliphatic carbocycles. The predicted octanol–water partition coefficient (Wildman–Crippen LogP) is 4.45. The number of nitrogens with zero attached hydrogens (tertiary/aromatic N) is 2. The van der Waals surface area contributed by atoms with E-state index in [2.05, 4.69) is 6.07 Å². The van der Waals surface area contributed by atoms with Gasteiger partial charge in [0.25, 0.3) is 5.56 Å². The highest BCUT2D eigenvalue weighted by Crippen LogP contribution is 2.26. The third-order valence-corrected chi connectivity index (χ3v) is 3.99. The van der Waals surface area contributed by atoms with E-state index in [1.54, 1.807) is 36.4 Å². The maximum Gasteiger partial charge on any atom is 0.421 e. The summed E-state index contributed by atoms with van der Waals surface area (Å²) in [6, 6.07) is 18.3. The molecule has 3 rings (SSSR count). The lowest BCUT2D eigenvalue weighted by molar-refractivity contribution is -0.138. The smallest absolute Gasteiger partial charge is 0.311 e. The van der Waals surface area contributed by atoms with Crippen molar-refractivity contribution in [2.75, 3.05) is 0 Å². The van der Waals surface area contributed by atoms with Crippen molar-refractivity contribution in [3.8, 4) is 17.2 Å². The fourth-order valence-electron chi connectivity index (χ4n) is 2.70. The van der Waals surface area contributed by atoms with Gasteiger partial charge in [-0.25, -0.2) is 0 Å². The molecule has 0 spiro atoms. The summed E-state index contributed by atoms with van der Waals surface area (Å²) in [7, 11) is 0. The van der Waals surface area contributed by atoms with Gasteiger partial charge in [-0.1, -0.05) is 42.5 Å². The number of aromatic nitrogens is 1. The fraction of sp³-hybridized carbons (Fsp3) is 0.100. The molecular weight excluding hydrogens is 341 g/mol. The van der Waals surface area contributed by atoms with Gasteiger partial charge in [0.05, 0.1) is 18.2 Å². The van der Waals surface area contributed by atoms with Crippen LogP contribution in [0.1, 0.15) is 16.7 Å². The average molecular weight is 354 g/mol. The van der Waals surface area contributed by atoms with Crippen LogP contribution in [-0.2, 0) is 12.7 Å². The number of pyridine rings is 1. The monoisotopic (exact) mass is 354 g/mol. The number of alkyl halides is 3. The zero-order valence-electron chi connectivity index (χ0n) is 13.5. The number of rotatable bonds is 3. The molecule has 0 radical (unpaired) electrons. The van der Waals surface area contributed by atoms with Crippen molar-refractivity contribution in [3.63, 3.8) is 0 Å². The summed E-state index contributed by atoms with van der Waals surface area (Å²) in [6.45, 7) is 0.0307. The molecule has 0 unspecified atom stereocenters. The van der Waals surface area contributed by atoms with Gasteiger partial charge >= 0.3 is 6.18 Å². The van der Waals surface area contributed by atoms with Crippen LogP contribution in [0.5, 0.6) is 0 Å². The third-order valence-electron chi connectivity index (χ3n) is 3.99. The summed E-state index contributed by atoms with van der Waals surface area (Å²) in [5, 5.41) is 9.17. The molecule has 1 heterocycles. The molecular formula is C20H13F3N2O. The average Bonchev–Trinajstić information content (AvgIpc) is 2.63. The van der Waals surface area contributed by atoms with E-state index in [4.69, 9.17) is 0 Å². The Morgan fingerprint density at radius 1 is 0.962 bits per heavy atom. The number of halogens is 3. The number of benzene rings is 2. The number of nitriles is 1. The Morgan fingerprint density at radius 2 is 1.65 bits per heavy atom. The normalized spacial score (nSPS) is 11.2. The second kappa shape index (κ2) is 6.89. The Labute approximate surface area is 147 Å². The van der Waals surface area contributed by atoms with E-state index in [9.17, 15) is 23.2 Å². The topological polar surface area (TPSA) is 45.8 Å². The molecule has 0 aliphatic rings.